The third-order valence-electron chi connectivity index (χ3n) is 5.53. The number of ether oxygens (including phenoxy) is 1. The molecule has 11 heteroatoms. The summed E-state index contributed by atoms with van der Waals surface area (Å²) in [6, 6.07) is 10.8. The first-order valence-corrected chi connectivity index (χ1v) is 13.4. The monoisotopic (exact) mass is 483 g/mol. The molecule has 4 rings (SSSR count). The van der Waals surface area contributed by atoms with E-state index in [2.05, 4.69) is 14.3 Å². The van der Waals surface area contributed by atoms with Crippen molar-refractivity contribution in [1.82, 2.24) is 14.3 Å². The molecule has 1 saturated heterocycles. The van der Waals surface area contributed by atoms with Gasteiger partial charge in [-0.1, -0.05) is 12.1 Å². The molecule has 1 unspecified atom stereocenters. The Labute approximate surface area is 187 Å². The molecule has 1 heterocycles. The highest BCUT2D eigenvalue weighted by atomic mass is 32.2. The molecule has 32 heavy (non-hydrogen) atoms. The molecule has 0 spiro atoms. The van der Waals surface area contributed by atoms with Crippen LogP contribution in [0, 0.1) is 5.82 Å². The first-order chi connectivity index (χ1) is 15.2. The van der Waals surface area contributed by atoms with Crippen molar-refractivity contribution in [1.29, 1.82) is 0 Å². The highest BCUT2D eigenvalue weighted by molar-refractivity contribution is 7.90. The highest BCUT2D eigenvalue weighted by Crippen LogP contribution is 2.24. The van der Waals surface area contributed by atoms with E-state index in [4.69, 9.17) is 4.74 Å². The topological polar surface area (TPSA) is 105 Å². The number of hydrogen-bond acceptors (Lipinski definition) is 6. The fourth-order valence-corrected chi connectivity index (χ4v) is 5.96. The summed E-state index contributed by atoms with van der Waals surface area (Å²) in [6.45, 7) is 2.27. The summed E-state index contributed by atoms with van der Waals surface area (Å²) in [6.07, 6.45) is 1.62. The number of halogens is 1. The van der Waals surface area contributed by atoms with Crippen molar-refractivity contribution >= 4 is 20.0 Å². The van der Waals surface area contributed by atoms with E-state index in [1.807, 2.05) is 0 Å². The van der Waals surface area contributed by atoms with Crippen LogP contribution in [0.3, 0.4) is 0 Å². The van der Waals surface area contributed by atoms with Crippen molar-refractivity contribution in [3.05, 3.63) is 59.9 Å². The molecule has 0 radical (unpaired) electrons. The van der Waals surface area contributed by atoms with Gasteiger partial charge in [0.05, 0.1) is 23.0 Å². The lowest BCUT2D eigenvalue weighted by atomic mass is 10.0. The van der Waals surface area contributed by atoms with Crippen LogP contribution >= 0.6 is 0 Å². The van der Waals surface area contributed by atoms with Crippen LogP contribution in [0.4, 0.5) is 4.39 Å². The normalized spacial score (nSPS) is 19.0. The molecular formula is C21H26FN3O5S2. The van der Waals surface area contributed by atoms with Gasteiger partial charge in [0.25, 0.3) is 0 Å². The Balaban J connectivity index is 1.49. The van der Waals surface area contributed by atoms with Crippen LogP contribution in [0.5, 0.6) is 0 Å². The zero-order valence-electron chi connectivity index (χ0n) is 17.4. The molecule has 2 fully saturated rings. The summed E-state index contributed by atoms with van der Waals surface area (Å²) >= 11 is 0. The molecule has 1 atom stereocenters. The number of nitrogens with one attached hydrogen (secondary N) is 2. The molecule has 1 aliphatic carbocycles. The average molecular weight is 484 g/mol. The van der Waals surface area contributed by atoms with Gasteiger partial charge in [-0.15, -0.1) is 0 Å². The number of sulfonamides is 2. The summed E-state index contributed by atoms with van der Waals surface area (Å²) < 4.78 is 74.7. The van der Waals surface area contributed by atoms with Crippen LogP contribution in [-0.2, 0) is 24.8 Å². The fourth-order valence-electron chi connectivity index (χ4n) is 3.62. The van der Waals surface area contributed by atoms with Gasteiger partial charge in [-0.3, -0.25) is 4.90 Å². The van der Waals surface area contributed by atoms with Gasteiger partial charge in [0.2, 0.25) is 20.0 Å². The number of hydrogen-bond donors (Lipinski definition) is 2. The van der Waals surface area contributed by atoms with Gasteiger partial charge in [0.15, 0.2) is 0 Å². The molecule has 0 bridgehead atoms. The Morgan fingerprint density at radius 1 is 0.969 bits per heavy atom. The zero-order valence-corrected chi connectivity index (χ0v) is 19.0. The average Bonchev–Trinajstić information content (AvgIpc) is 3.58. The van der Waals surface area contributed by atoms with Crippen molar-refractivity contribution in [3.8, 4) is 0 Å². The van der Waals surface area contributed by atoms with Crippen molar-refractivity contribution in [3.63, 3.8) is 0 Å². The standard InChI is InChI=1S/C21H26FN3O5S2/c22-17-3-1-2-16(14-17)21(25-10-12-30-13-11-25)15-23-31(26,27)19-6-8-20(9-7-19)32(28,29)24-18-4-5-18/h1-3,6-9,14,18,21,23-24H,4-5,10-13,15H2. The van der Waals surface area contributed by atoms with E-state index >= 15 is 0 Å². The predicted octanol–water partition coefficient (Wildman–Crippen LogP) is 1.62. The van der Waals surface area contributed by atoms with Crippen LogP contribution in [-0.4, -0.2) is 60.6 Å². The summed E-state index contributed by atoms with van der Waals surface area (Å²) in [5.41, 5.74) is 0.669. The molecule has 174 valence electrons. The molecule has 1 aliphatic heterocycles. The quantitative estimate of drug-likeness (QED) is 0.562. The molecular weight excluding hydrogens is 457 g/mol. The SMILES string of the molecule is O=S(=O)(NCC(c1cccc(F)c1)N1CCOCC1)c1ccc(S(=O)(=O)NC2CC2)cc1. The van der Waals surface area contributed by atoms with Gasteiger partial charge >= 0.3 is 0 Å². The molecule has 2 aromatic rings. The molecule has 0 amide bonds. The van der Waals surface area contributed by atoms with E-state index in [-0.39, 0.29) is 34.2 Å². The van der Waals surface area contributed by atoms with Gasteiger partial charge in [0.1, 0.15) is 5.82 Å². The van der Waals surface area contributed by atoms with Crippen LogP contribution in [0.2, 0.25) is 0 Å². The summed E-state index contributed by atoms with van der Waals surface area (Å²) in [4.78, 5) is 2.04. The number of nitrogens with zero attached hydrogens (tertiary/aromatic N) is 1. The van der Waals surface area contributed by atoms with Gasteiger partial charge in [-0.25, -0.2) is 30.7 Å². The first kappa shape index (κ1) is 23.3. The Morgan fingerprint density at radius 3 is 2.19 bits per heavy atom. The smallest absolute Gasteiger partial charge is 0.240 e. The first-order valence-electron chi connectivity index (χ1n) is 10.4. The summed E-state index contributed by atoms with van der Waals surface area (Å²) in [5, 5.41) is 0. The number of rotatable bonds is 9. The Morgan fingerprint density at radius 2 is 1.59 bits per heavy atom. The van der Waals surface area contributed by atoms with Crippen molar-refractivity contribution in [2.45, 2.75) is 34.7 Å². The van der Waals surface area contributed by atoms with Gasteiger partial charge < -0.3 is 4.74 Å². The molecule has 2 N–H and O–H groups in total. The van der Waals surface area contributed by atoms with Crippen LogP contribution in [0.1, 0.15) is 24.4 Å². The lowest BCUT2D eigenvalue weighted by Gasteiger charge is -2.34. The minimum absolute atomic E-state index is 0.0225. The zero-order chi connectivity index (χ0) is 22.8. The van der Waals surface area contributed by atoms with Gasteiger partial charge in [-0.05, 0) is 54.8 Å². The fraction of sp³-hybridized carbons (Fsp3) is 0.429. The molecule has 2 aliphatic rings. The highest BCUT2D eigenvalue weighted by Gasteiger charge is 2.29. The molecule has 1 saturated carbocycles. The maximum Gasteiger partial charge on any atom is 0.240 e. The van der Waals surface area contributed by atoms with Crippen molar-refractivity contribution < 1.29 is 26.0 Å². The van der Waals surface area contributed by atoms with Gasteiger partial charge in [-0.2, -0.15) is 0 Å². The lowest BCUT2D eigenvalue weighted by Crippen LogP contribution is -2.43. The second kappa shape index (κ2) is 9.54. The van der Waals surface area contributed by atoms with Crippen molar-refractivity contribution in [2.24, 2.45) is 0 Å². The van der Waals surface area contributed by atoms with E-state index < -0.39 is 20.0 Å². The molecule has 2 aromatic carbocycles. The maximum atomic E-state index is 13.8. The second-order valence-electron chi connectivity index (χ2n) is 7.94. The minimum atomic E-state index is -3.90. The number of benzene rings is 2. The van der Waals surface area contributed by atoms with Crippen LogP contribution < -0.4 is 9.44 Å². The Kier molecular flexibility index (Phi) is 6.94. The predicted molar refractivity (Wildman–Crippen MR) is 117 cm³/mol. The van der Waals surface area contributed by atoms with E-state index in [0.717, 1.165) is 12.8 Å². The van der Waals surface area contributed by atoms with E-state index in [9.17, 15) is 21.2 Å². The maximum absolute atomic E-state index is 13.8. The Bertz CT molecular complexity index is 1150. The van der Waals surface area contributed by atoms with Crippen molar-refractivity contribution in [2.75, 3.05) is 32.8 Å². The third kappa shape index (κ3) is 5.72. The summed E-state index contributed by atoms with van der Waals surface area (Å²) in [5.74, 6) is -0.389. The van der Waals surface area contributed by atoms with Gasteiger partial charge in [0, 0.05) is 31.7 Å². The molecule has 0 aromatic heterocycles. The second-order valence-corrected chi connectivity index (χ2v) is 11.4. The third-order valence-corrected chi connectivity index (χ3v) is 8.51. The largest absolute Gasteiger partial charge is 0.379 e. The van der Waals surface area contributed by atoms with E-state index in [1.165, 1.54) is 36.4 Å². The van der Waals surface area contributed by atoms with Crippen LogP contribution in [0.25, 0.3) is 0 Å². The van der Waals surface area contributed by atoms with E-state index in [0.29, 0.717) is 31.9 Å². The minimum Gasteiger partial charge on any atom is -0.379 e. The molecule has 8 nitrogen and oxygen atoms in total. The summed E-state index contributed by atoms with van der Waals surface area (Å²) in [7, 11) is -7.56. The number of morpholine rings is 1. The van der Waals surface area contributed by atoms with Crippen LogP contribution in [0.15, 0.2) is 58.3 Å². The van der Waals surface area contributed by atoms with E-state index in [1.54, 1.807) is 12.1 Å². The Hall–Kier alpha value is -1.89. The lowest BCUT2D eigenvalue weighted by molar-refractivity contribution is 0.0171.